The SMILES string of the molecule is C=C(C)CN(C(=O)OC(C)(C)C)[C@H]1COC1=O. The first kappa shape index (κ1) is 13.5. The minimum absolute atomic E-state index is 0.228. The van der Waals surface area contributed by atoms with Crippen LogP contribution in [0.25, 0.3) is 0 Å². The van der Waals surface area contributed by atoms with Crippen LogP contribution in [0.15, 0.2) is 12.2 Å². The third-order valence-corrected chi connectivity index (χ3v) is 2.10. The predicted molar refractivity (Wildman–Crippen MR) is 62.5 cm³/mol. The number of carbonyl (C=O) groups excluding carboxylic acids is 2. The number of carbonyl (C=O) groups is 2. The topological polar surface area (TPSA) is 55.8 Å². The quantitative estimate of drug-likeness (QED) is 0.557. The van der Waals surface area contributed by atoms with Gasteiger partial charge in [0.2, 0.25) is 0 Å². The number of nitrogens with zero attached hydrogens (tertiary/aromatic N) is 1. The van der Waals surface area contributed by atoms with Crippen molar-refractivity contribution in [3.63, 3.8) is 0 Å². The Balaban J connectivity index is 2.72. The third-order valence-electron chi connectivity index (χ3n) is 2.10. The molecule has 0 saturated carbocycles. The summed E-state index contributed by atoms with van der Waals surface area (Å²) in [5, 5.41) is 0. The summed E-state index contributed by atoms with van der Waals surface area (Å²) in [4.78, 5) is 24.5. The maximum Gasteiger partial charge on any atom is 0.411 e. The molecule has 1 fully saturated rings. The lowest BCUT2D eigenvalue weighted by Gasteiger charge is -2.36. The minimum Gasteiger partial charge on any atom is -0.461 e. The largest absolute Gasteiger partial charge is 0.461 e. The molecule has 0 aromatic carbocycles. The second-order valence-corrected chi connectivity index (χ2v) is 5.21. The van der Waals surface area contributed by atoms with Crippen molar-refractivity contribution in [1.29, 1.82) is 0 Å². The van der Waals surface area contributed by atoms with E-state index in [4.69, 9.17) is 4.74 Å². The van der Waals surface area contributed by atoms with Gasteiger partial charge in [0, 0.05) is 6.54 Å². The lowest BCUT2D eigenvalue weighted by molar-refractivity contribution is -0.170. The van der Waals surface area contributed by atoms with Crippen molar-refractivity contribution in [2.75, 3.05) is 13.2 Å². The van der Waals surface area contributed by atoms with E-state index in [1.165, 1.54) is 4.90 Å². The predicted octanol–water partition coefficient (Wildman–Crippen LogP) is 1.73. The van der Waals surface area contributed by atoms with Crippen LogP contribution < -0.4 is 0 Å². The molecule has 5 nitrogen and oxygen atoms in total. The summed E-state index contributed by atoms with van der Waals surface area (Å²) in [6, 6.07) is -0.540. The van der Waals surface area contributed by atoms with Gasteiger partial charge in [0.15, 0.2) is 6.04 Å². The van der Waals surface area contributed by atoms with E-state index in [1.54, 1.807) is 27.7 Å². The van der Waals surface area contributed by atoms with Gasteiger partial charge in [-0.15, -0.1) is 0 Å². The van der Waals surface area contributed by atoms with Crippen LogP contribution in [0.2, 0.25) is 0 Å². The van der Waals surface area contributed by atoms with Crippen LogP contribution in [0.4, 0.5) is 4.79 Å². The summed E-state index contributed by atoms with van der Waals surface area (Å²) < 4.78 is 9.91. The van der Waals surface area contributed by atoms with Gasteiger partial charge in [0.05, 0.1) is 0 Å². The Bertz CT molecular complexity index is 343. The molecule has 0 N–H and O–H groups in total. The van der Waals surface area contributed by atoms with E-state index in [-0.39, 0.29) is 6.61 Å². The lowest BCUT2D eigenvalue weighted by atomic mass is 10.1. The van der Waals surface area contributed by atoms with Gasteiger partial charge in [0.25, 0.3) is 0 Å². The van der Waals surface area contributed by atoms with Gasteiger partial charge in [-0.1, -0.05) is 12.2 Å². The van der Waals surface area contributed by atoms with Crippen molar-refractivity contribution in [2.24, 2.45) is 0 Å². The summed E-state index contributed by atoms with van der Waals surface area (Å²) >= 11 is 0. The first-order chi connectivity index (χ1) is 7.70. The Kier molecular flexibility index (Phi) is 3.80. The van der Waals surface area contributed by atoms with Crippen LogP contribution in [-0.2, 0) is 14.3 Å². The molecule has 1 aliphatic rings. The molecule has 0 radical (unpaired) electrons. The Morgan fingerprint density at radius 1 is 1.59 bits per heavy atom. The molecule has 1 rings (SSSR count). The van der Waals surface area contributed by atoms with E-state index >= 15 is 0 Å². The molecular formula is C12H19NO4. The Morgan fingerprint density at radius 3 is 2.47 bits per heavy atom. The normalized spacial score (nSPS) is 19.1. The molecule has 1 heterocycles. The zero-order chi connectivity index (χ0) is 13.2. The fourth-order valence-electron chi connectivity index (χ4n) is 1.36. The zero-order valence-electron chi connectivity index (χ0n) is 10.8. The number of ether oxygens (including phenoxy) is 2. The van der Waals surface area contributed by atoms with Crippen LogP contribution in [0.5, 0.6) is 0 Å². The maximum atomic E-state index is 11.9. The fraction of sp³-hybridized carbons (Fsp3) is 0.667. The highest BCUT2D eigenvalue weighted by Gasteiger charge is 2.40. The Labute approximate surface area is 101 Å². The van der Waals surface area contributed by atoms with Crippen LogP contribution in [0.1, 0.15) is 27.7 Å². The van der Waals surface area contributed by atoms with E-state index < -0.39 is 23.7 Å². The fourth-order valence-corrected chi connectivity index (χ4v) is 1.36. The molecule has 1 amide bonds. The highest BCUT2D eigenvalue weighted by molar-refractivity contribution is 5.85. The number of hydrogen-bond donors (Lipinski definition) is 0. The summed E-state index contributed by atoms with van der Waals surface area (Å²) in [6.07, 6.45) is -0.512. The molecule has 0 aromatic rings. The second kappa shape index (κ2) is 4.77. The van der Waals surface area contributed by atoms with Crippen molar-refractivity contribution >= 4 is 12.1 Å². The molecule has 0 bridgehead atoms. The number of rotatable bonds is 3. The highest BCUT2D eigenvalue weighted by atomic mass is 16.6. The van der Waals surface area contributed by atoms with Gasteiger partial charge in [-0.05, 0) is 27.7 Å². The van der Waals surface area contributed by atoms with E-state index in [0.29, 0.717) is 6.54 Å². The van der Waals surface area contributed by atoms with Gasteiger partial charge in [-0.3, -0.25) is 4.90 Å². The number of esters is 1. The van der Waals surface area contributed by atoms with Crippen molar-refractivity contribution in [1.82, 2.24) is 4.90 Å². The molecule has 1 aliphatic heterocycles. The molecule has 0 aromatic heterocycles. The van der Waals surface area contributed by atoms with E-state index in [9.17, 15) is 9.59 Å². The van der Waals surface area contributed by atoms with Gasteiger partial charge in [-0.2, -0.15) is 0 Å². The van der Waals surface area contributed by atoms with Gasteiger partial charge in [0.1, 0.15) is 12.2 Å². The number of amides is 1. The highest BCUT2D eigenvalue weighted by Crippen LogP contribution is 2.18. The van der Waals surface area contributed by atoms with Crippen LogP contribution >= 0.6 is 0 Å². The average Bonchev–Trinajstić information content (AvgIpc) is 2.11. The third kappa shape index (κ3) is 3.76. The van der Waals surface area contributed by atoms with Crippen LogP contribution in [-0.4, -0.2) is 41.8 Å². The van der Waals surface area contributed by atoms with Gasteiger partial charge < -0.3 is 9.47 Å². The molecular weight excluding hydrogens is 222 g/mol. The van der Waals surface area contributed by atoms with Crippen LogP contribution in [0.3, 0.4) is 0 Å². The summed E-state index contributed by atoms with van der Waals surface area (Å²) in [7, 11) is 0. The summed E-state index contributed by atoms with van der Waals surface area (Å²) in [6.45, 7) is 11.4. The Morgan fingerprint density at radius 2 is 2.18 bits per heavy atom. The molecule has 5 heteroatoms. The lowest BCUT2D eigenvalue weighted by Crippen LogP contribution is -2.56. The molecule has 0 spiro atoms. The summed E-state index contributed by atoms with van der Waals surface area (Å²) in [5.74, 6) is -0.392. The monoisotopic (exact) mass is 241 g/mol. The second-order valence-electron chi connectivity index (χ2n) is 5.21. The van der Waals surface area contributed by atoms with Crippen molar-refractivity contribution < 1.29 is 19.1 Å². The molecule has 0 unspecified atom stereocenters. The average molecular weight is 241 g/mol. The molecule has 96 valence electrons. The molecule has 1 saturated heterocycles. The number of cyclic esters (lactones) is 1. The maximum absolute atomic E-state index is 11.9. The standard InChI is InChI=1S/C12H19NO4/c1-8(2)6-13(9-7-16-10(9)14)11(15)17-12(3,4)5/h9H,1,6-7H2,2-5H3/t9-/m0/s1. The molecule has 1 atom stereocenters. The molecule has 17 heavy (non-hydrogen) atoms. The van der Waals surface area contributed by atoms with Crippen molar-refractivity contribution in [3.05, 3.63) is 12.2 Å². The molecule has 0 aliphatic carbocycles. The van der Waals surface area contributed by atoms with Crippen molar-refractivity contribution in [2.45, 2.75) is 39.3 Å². The minimum atomic E-state index is -0.585. The first-order valence-corrected chi connectivity index (χ1v) is 5.51. The zero-order valence-corrected chi connectivity index (χ0v) is 10.8. The smallest absolute Gasteiger partial charge is 0.411 e. The Hall–Kier alpha value is -1.52. The van der Waals surface area contributed by atoms with E-state index in [1.807, 2.05) is 0 Å². The van der Waals surface area contributed by atoms with Crippen molar-refractivity contribution in [3.8, 4) is 0 Å². The van der Waals surface area contributed by atoms with E-state index in [0.717, 1.165) is 5.57 Å². The van der Waals surface area contributed by atoms with Gasteiger partial charge in [-0.25, -0.2) is 9.59 Å². The summed E-state index contributed by atoms with van der Waals surface area (Å²) in [5.41, 5.74) is 0.202. The van der Waals surface area contributed by atoms with E-state index in [2.05, 4.69) is 11.3 Å². The number of hydrogen-bond acceptors (Lipinski definition) is 4. The first-order valence-electron chi connectivity index (χ1n) is 5.51. The van der Waals surface area contributed by atoms with Crippen LogP contribution in [0, 0.1) is 0 Å². The van der Waals surface area contributed by atoms with Gasteiger partial charge >= 0.3 is 12.1 Å².